The summed E-state index contributed by atoms with van der Waals surface area (Å²) in [6.45, 7) is 1.33. The van der Waals surface area contributed by atoms with Crippen LogP contribution < -0.4 is 5.73 Å². The average Bonchev–Trinajstić information content (AvgIpc) is 3.20. The minimum absolute atomic E-state index is 0.0432. The van der Waals surface area contributed by atoms with Gasteiger partial charge in [-0.3, -0.25) is 4.79 Å². The summed E-state index contributed by atoms with van der Waals surface area (Å²) in [5.41, 5.74) is 5.71. The lowest BCUT2D eigenvalue weighted by atomic mass is 9.73. The van der Waals surface area contributed by atoms with Crippen molar-refractivity contribution < 1.29 is 9.53 Å². The molecule has 0 aromatic heterocycles. The van der Waals surface area contributed by atoms with E-state index >= 15 is 0 Å². The topological polar surface area (TPSA) is 52.3 Å². The standard InChI is InChI=1S/C15H25NO2/c16-11-14(7-8-14)13(17)12-4-9-18-15(10-12)5-2-1-3-6-15/h12H,1-11,16H2. The van der Waals surface area contributed by atoms with Crippen molar-refractivity contribution in [2.75, 3.05) is 13.2 Å². The summed E-state index contributed by atoms with van der Waals surface area (Å²) < 4.78 is 6.07. The lowest BCUT2D eigenvalue weighted by molar-refractivity contribution is -0.146. The Balaban J connectivity index is 1.68. The number of nitrogens with two attached hydrogens (primary N) is 1. The molecule has 3 rings (SSSR count). The highest BCUT2D eigenvalue weighted by molar-refractivity contribution is 5.89. The number of carbonyl (C=O) groups is 1. The number of rotatable bonds is 3. The quantitative estimate of drug-likeness (QED) is 0.838. The molecule has 3 aliphatic rings. The normalized spacial score (nSPS) is 33.3. The van der Waals surface area contributed by atoms with Gasteiger partial charge in [-0.15, -0.1) is 0 Å². The number of ketones is 1. The van der Waals surface area contributed by atoms with Gasteiger partial charge in [0.25, 0.3) is 0 Å². The Morgan fingerprint density at radius 3 is 2.50 bits per heavy atom. The summed E-state index contributed by atoms with van der Waals surface area (Å²) in [6, 6.07) is 0. The number of hydrogen-bond donors (Lipinski definition) is 1. The third-order valence-corrected chi connectivity index (χ3v) is 5.40. The molecule has 0 radical (unpaired) electrons. The lowest BCUT2D eigenvalue weighted by Crippen LogP contribution is -2.45. The lowest BCUT2D eigenvalue weighted by Gasteiger charge is -2.43. The molecule has 3 fully saturated rings. The first-order valence-corrected chi connectivity index (χ1v) is 7.58. The van der Waals surface area contributed by atoms with Crippen molar-refractivity contribution in [1.82, 2.24) is 0 Å². The van der Waals surface area contributed by atoms with Gasteiger partial charge in [0.15, 0.2) is 0 Å². The van der Waals surface area contributed by atoms with Crippen molar-refractivity contribution in [1.29, 1.82) is 0 Å². The van der Waals surface area contributed by atoms with Crippen LogP contribution in [0.5, 0.6) is 0 Å². The summed E-state index contributed by atoms with van der Waals surface area (Å²) in [5, 5.41) is 0. The zero-order valence-corrected chi connectivity index (χ0v) is 11.2. The Morgan fingerprint density at radius 2 is 1.89 bits per heavy atom. The molecular weight excluding hydrogens is 226 g/mol. The van der Waals surface area contributed by atoms with Crippen LogP contribution in [0.25, 0.3) is 0 Å². The van der Waals surface area contributed by atoms with Gasteiger partial charge in [0.1, 0.15) is 5.78 Å². The number of Topliss-reactive ketones (excluding diaryl/α,β-unsaturated/α-hetero) is 1. The summed E-state index contributed by atoms with van der Waals surface area (Å²) in [7, 11) is 0. The minimum Gasteiger partial charge on any atom is -0.375 e. The van der Waals surface area contributed by atoms with E-state index in [2.05, 4.69) is 0 Å². The van der Waals surface area contributed by atoms with Gasteiger partial charge in [-0.2, -0.15) is 0 Å². The van der Waals surface area contributed by atoms with Gasteiger partial charge in [-0.1, -0.05) is 19.3 Å². The second kappa shape index (κ2) is 4.61. The average molecular weight is 251 g/mol. The van der Waals surface area contributed by atoms with Crippen LogP contribution in [0.4, 0.5) is 0 Å². The Kier molecular flexibility index (Phi) is 3.23. The molecule has 1 atom stereocenters. The molecule has 1 heterocycles. The Morgan fingerprint density at radius 1 is 1.17 bits per heavy atom. The van der Waals surface area contributed by atoms with E-state index in [1.165, 1.54) is 19.3 Å². The smallest absolute Gasteiger partial charge is 0.143 e. The van der Waals surface area contributed by atoms with E-state index in [9.17, 15) is 4.79 Å². The van der Waals surface area contributed by atoms with Crippen LogP contribution in [0, 0.1) is 11.3 Å². The number of carbonyl (C=O) groups excluding carboxylic acids is 1. The molecule has 3 heteroatoms. The van der Waals surface area contributed by atoms with E-state index in [1.807, 2.05) is 0 Å². The molecule has 1 spiro atoms. The van der Waals surface area contributed by atoms with Gasteiger partial charge in [0.2, 0.25) is 0 Å². The minimum atomic E-state index is -0.127. The summed E-state index contributed by atoms with van der Waals surface area (Å²) in [6.07, 6.45) is 10.1. The van der Waals surface area contributed by atoms with Gasteiger partial charge in [-0.05, 0) is 38.5 Å². The second-order valence-corrected chi connectivity index (χ2v) is 6.63. The molecular formula is C15H25NO2. The molecule has 0 amide bonds. The maximum absolute atomic E-state index is 12.6. The molecule has 2 saturated carbocycles. The summed E-state index contributed by atoms with van der Waals surface area (Å²) >= 11 is 0. The zero-order valence-electron chi connectivity index (χ0n) is 11.2. The number of ether oxygens (including phenoxy) is 1. The second-order valence-electron chi connectivity index (χ2n) is 6.63. The van der Waals surface area contributed by atoms with Crippen LogP contribution in [-0.4, -0.2) is 24.5 Å². The first kappa shape index (κ1) is 12.6. The van der Waals surface area contributed by atoms with Gasteiger partial charge in [0.05, 0.1) is 5.60 Å². The largest absolute Gasteiger partial charge is 0.375 e. The Labute approximate surface area is 109 Å². The van der Waals surface area contributed by atoms with Crippen molar-refractivity contribution >= 4 is 5.78 Å². The fourth-order valence-corrected chi connectivity index (χ4v) is 3.93. The number of hydrogen-bond acceptors (Lipinski definition) is 3. The van der Waals surface area contributed by atoms with E-state index in [0.29, 0.717) is 12.3 Å². The molecule has 1 unspecified atom stereocenters. The summed E-state index contributed by atoms with van der Waals surface area (Å²) in [5.74, 6) is 0.682. The molecule has 0 bridgehead atoms. The Hall–Kier alpha value is -0.410. The third kappa shape index (κ3) is 2.12. The van der Waals surface area contributed by atoms with E-state index in [4.69, 9.17) is 10.5 Å². The molecule has 1 aliphatic heterocycles. The fraction of sp³-hybridized carbons (Fsp3) is 0.933. The molecule has 3 nitrogen and oxygen atoms in total. The maximum Gasteiger partial charge on any atom is 0.143 e. The van der Waals surface area contributed by atoms with Crippen molar-refractivity contribution in [3.8, 4) is 0 Å². The molecule has 2 aliphatic carbocycles. The van der Waals surface area contributed by atoms with Gasteiger partial charge in [-0.25, -0.2) is 0 Å². The van der Waals surface area contributed by atoms with Crippen LogP contribution >= 0.6 is 0 Å². The van der Waals surface area contributed by atoms with E-state index in [0.717, 1.165) is 45.1 Å². The van der Waals surface area contributed by atoms with Crippen molar-refractivity contribution in [2.45, 2.75) is 63.4 Å². The molecule has 1 saturated heterocycles. The van der Waals surface area contributed by atoms with Crippen LogP contribution in [-0.2, 0) is 9.53 Å². The third-order valence-electron chi connectivity index (χ3n) is 5.40. The highest BCUT2D eigenvalue weighted by Gasteiger charge is 2.52. The molecule has 0 aromatic carbocycles. The van der Waals surface area contributed by atoms with E-state index < -0.39 is 0 Å². The molecule has 0 aromatic rings. The molecule has 2 N–H and O–H groups in total. The zero-order chi connectivity index (χ0) is 12.6. The van der Waals surface area contributed by atoms with E-state index in [-0.39, 0.29) is 16.9 Å². The van der Waals surface area contributed by atoms with Crippen LogP contribution in [0.15, 0.2) is 0 Å². The van der Waals surface area contributed by atoms with Gasteiger partial charge < -0.3 is 10.5 Å². The summed E-state index contributed by atoms with van der Waals surface area (Å²) in [4.78, 5) is 12.6. The first-order chi connectivity index (χ1) is 8.70. The van der Waals surface area contributed by atoms with Gasteiger partial charge in [0, 0.05) is 24.5 Å². The van der Waals surface area contributed by atoms with Crippen LogP contribution in [0.3, 0.4) is 0 Å². The van der Waals surface area contributed by atoms with Crippen LogP contribution in [0.1, 0.15) is 57.8 Å². The predicted molar refractivity (Wildman–Crippen MR) is 70.2 cm³/mol. The van der Waals surface area contributed by atoms with Crippen molar-refractivity contribution in [3.63, 3.8) is 0 Å². The monoisotopic (exact) mass is 251 g/mol. The predicted octanol–water partition coefficient (Wildman–Crippen LogP) is 2.42. The van der Waals surface area contributed by atoms with Gasteiger partial charge >= 0.3 is 0 Å². The highest BCUT2D eigenvalue weighted by Crippen LogP contribution is 2.50. The molecule has 102 valence electrons. The van der Waals surface area contributed by atoms with E-state index in [1.54, 1.807) is 0 Å². The molecule has 18 heavy (non-hydrogen) atoms. The van der Waals surface area contributed by atoms with Crippen molar-refractivity contribution in [2.24, 2.45) is 17.1 Å². The fourth-order valence-electron chi connectivity index (χ4n) is 3.93. The Bertz CT molecular complexity index is 324. The maximum atomic E-state index is 12.6. The highest BCUT2D eigenvalue weighted by atomic mass is 16.5. The van der Waals surface area contributed by atoms with Crippen molar-refractivity contribution in [3.05, 3.63) is 0 Å². The SMILES string of the molecule is NCC1(C(=O)C2CCOC3(CCCCC3)C2)CC1. The first-order valence-electron chi connectivity index (χ1n) is 7.58. The van der Waals surface area contributed by atoms with Crippen LogP contribution in [0.2, 0.25) is 0 Å².